The molecule has 1 aromatic heterocycles. The Kier molecular flexibility index (Phi) is 9.39. The highest BCUT2D eigenvalue weighted by Gasteiger charge is 2.37. The average molecular weight is 529 g/mol. The third-order valence-corrected chi connectivity index (χ3v) is 7.86. The van der Waals surface area contributed by atoms with Gasteiger partial charge < -0.3 is 16.4 Å². The number of amides is 2. The molecular weight excluding hydrogens is 492 g/mol. The van der Waals surface area contributed by atoms with E-state index < -0.39 is 33.4 Å². The van der Waals surface area contributed by atoms with Crippen LogP contribution in [-0.2, 0) is 31.9 Å². The van der Waals surface area contributed by atoms with Gasteiger partial charge in [0.05, 0.1) is 5.75 Å². The number of hydrogen-bond acceptors (Lipinski definition) is 6. The molecular formula is C26H36N6O4S. The molecule has 0 bridgehead atoms. The van der Waals surface area contributed by atoms with Crippen LogP contribution in [0.1, 0.15) is 62.6 Å². The van der Waals surface area contributed by atoms with E-state index in [4.69, 9.17) is 11.1 Å². The lowest BCUT2D eigenvalue weighted by Gasteiger charge is -2.33. The molecule has 6 N–H and O–H groups in total. The summed E-state index contributed by atoms with van der Waals surface area (Å²) in [5.41, 5.74) is 6.16. The molecule has 200 valence electrons. The molecule has 0 spiro atoms. The van der Waals surface area contributed by atoms with Gasteiger partial charge >= 0.3 is 0 Å². The van der Waals surface area contributed by atoms with Crippen molar-refractivity contribution in [3.8, 4) is 0 Å². The second-order valence-electron chi connectivity index (χ2n) is 10.0. The Morgan fingerprint density at radius 1 is 1.05 bits per heavy atom. The van der Waals surface area contributed by atoms with Gasteiger partial charge in [-0.2, -0.15) is 0 Å². The van der Waals surface area contributed by atoms with Gasteiger partial charge in [0.25, 0.3) is 0 Å². The quantitative estimate of drug-likeness (QED) is 0.221. The number of benzene rings is 1. The Balaban J connectivity index is 1.67. The summed E-state index contributed by atoms with van der Waals surface area (Å²) in [4.78, 5) is 30.3. The summed E-state index contributed by atoms with van der Waals surface area (Å²) in [7, 11) is -3.82. The Morgan fingerprint density at radius 3 is 2.27 bits per heavy atom. The van der Waals surface area contributed by atoms with Crippen molar-refractivity contribution in [1.29, 1.82) is 5.41 Å². The minimum Gasteiger partial charge on any atom is -0.384 e. The number of hydrogen-bond donors (Lipinski definition) is 5. The first-order chi connectivity index (χ1) is 17.5. The molecule has 2 amide bonds. The van der Waals surface area contributed by atoms with Gasteiger partial charge in [-0.1, -0.05) is 43.5 Å². The van der Waals surface area contributed by atoms with Crippen LogP contribution in [0.5, 0.6) is 0 Å². The SMILES string of the molecule is CC(C)(NC(=O)[C@H](NS(=O)(=O)Cc1ccncc1)C1CCCCC1)C(=O)NCc1ccc(C(=N)N)cc1. The monoisotopic (exact) mass is 528 g/mol. The number of carbonyl (C=O) groups is 2. The van der Waals surface area contributed by atoms with Crippen molar-refractivity contribution in [2.24, 2.45) is 11.7 Å². The average Bonchev–Trinajstić information content (AvgIpc) is 2.86. The Morgan fingerprint density at radius 2 is 1.68 bits per heavy atom. The van der Waals surface area contributed by atoms with E-state index >= 15 is 0 Å². The maximum absolute atomic E-state index is 13.4. The molecule has 3 rings (SSSR count). The third kappa shape index (κ3) is 8.36. The smallest absolute Gasteiger partial charge is 0.245 e. The van der Waals surface area contributed by atoms with Crippen LogP contribution in [0.25, 0.3) is 0 Å². The first kappa shape index (κ1) is 28.3. The number of carbonyl (C=O) groups excluding carboxylic acids is 2. The minimum absolute atomic E-state index is 0.0386. The highest BCUT2D eigenvalue weighted by molar-refractivity contribution is 7.88. The fourth-order valence-electron chi connectivity index (χ4n) is 4.41. The number of rotatable bonds is 11. The number of nitrogens with two attached hydrogens (primary N) is 1. The molecule has 1 saturated carbocycles. The molecule has 1 aliphatic carbocycles. The van der Waals surface area contributed by atoms with Crippen LogP contribution < -0.4 is 21.1 Å². The molecule has 0 aliphatic heterocycles. The van der Waals surface area contributed by atoms with Gasteiger partial charge in [0.15, 0.2) is 0 Å². The van der Waals surface area contributed by atoms with Crippen molar-refractivity contribution in [2.45, 2.75) is 69.8 Å². The van der Waals surface area contributed by atoms with Gasteiger partial charge in [-0.05, 0) is 55.9 Å². The lowest BCUT2D eigenvalue weighted by atomic mass is 9.83. The lowest BCUT2D eigenvalue weighted by Crippen LogP contribution is -2.60. The van der Waals surface area contributed by atoms with Crippen LogP contribution in [-0.4, -0.2) is 42.6 Å². The molecule has 37 heavy (non-hydrogen) atoms. The molecule has 1 aromatic carbocycles. The minimum atomic E-state index is -3.82. The summed E-state index contributed by atoms with van der Waals surface area (Å²) in [6.45, 7) is 3.39. The summed E-state index contributed by atoms with van der Waals surface area (Å²) in [6, 6.07) is 9.19. The van der Waals surface area contributed by atoms with Gasteiger partial charge in [0.2, 0.25) is 21.8 Å². The van der Waals surface area contributed by atoms with Crippen LogP contribution in [0.15, 0.2) is 48.8 Å². The van der Waals surface area contributed by atoms with Crippen molar-refractivity contribution in [3.63, 3.8) is 0 Å². The largest absolute Gasteiger partial charge is 0.384 e. The predicted octanol–water partition coefficient (Wildman–Crippen LogP) is 1.95. The lowest BCUT2D eigenvalue weighted by molar-refractivity contribution is -0.133. The summed E-state index contributed by atoms with van der Waals surface area (Å²) in [5, 5.41) is 13.0. The molecule has 11 heteroatoms. The highest BCUT2D eigenvalue weighted by Crippen LogP contribution is 2.27. The second-order valence-corrected chi connectivity index (χ2v) is 11.8. The molecule has 0 unspecified atom stereocenters. The van der Waals surface area contributed by atoms with Crippen LogP contribution in [0.3, 0.4) is 0 Å². The molecule has 1 atom stereocenters. The topological polar surface area (TPSA) is 167 Å². The molecule has 10 nitrogen and oxygen atoms in total. The van der Waals surface area contributed by atoms with E-state index in [0.29, 0.717) is 11.1 Å². The van der Waals surface area contributed by atoms with E-state index in [0.717, 1.165) is 37.7 Å². The van der Waals surface area contributed by atoms with Crippen LogP contribution >= 0.6 is 0 Å². The summed E-state index contributed by atoms with van der Waals surface area (Å²) in [5.74, 6) is -1.38. The zero-order valence-electron chi connectivity index (χ0n) is 21.3. The molecule has 1 fully saturated rings. The maximum Gasteiger partial charge on any atom is 0.245 e. The predicted molar refractivity (Wildman–Crippen MR) is 142 cm³/mol. The number of nitrogens with zero attached hydrogens (tertiary/aromatic N) is 1. The van der Waals surface area contributed by atoms with Crippen molar-refractivity contribution >= 4 is 27.7 Å². The number of sulfonamides is 1. The first-order valence-electron chi connectivity index (χ1n) is 12.4. The van der Waals surface area contributed by atoms with E-state index in [1.54, 1.807) is 50.2 Å². The van der Waals surface area contributed by atoms with E-state index in [2.05, 4.69) is 20.3 Å². The zero-order chi connectivity index (χ0) is 27.1. The van der Waals surface area contributed by atoms with Gasteiger partial charge in [-0.15, -0.1) is 0 Å². The van der Waals surface area contributed by atoms with Crippen molar-refractivity contribution in [3.05, 3.63) is 65.5 Å². The van der Waals surface area contributed by atoms with E-state index in [1.807, 2.05) is 0 Å². The fourth-order valence-corrected chi connectivity index (χ4v) is 5.81. The summed E-state index contributed by atoms with van der Waals surface area (Å²) in [6.07, 6.45) is 7.41. The number of pyridine rings is 1. The van der Waals surface area contributed by atoms with Crippen molar-refractivity contribution < 1.29 is 18.0 Å². The third-order valence-electron chi connectivity index (χ3n) is 6.54. The fraction of sp³-hybridized carbons (Fsp3) is 0.462. The Hall–Kier alpha value is -3.31. The standard InChI is InChI=1S/C26H36N6O4S/c1-26(2,25(34)30-16-18-8-10-21(11-9-18)23(27)28)31-24(33)22(20-6-4-3-5-7-20)32-37(35,36)17-19-12-14-29-15-13-19/h8-15,20,22,32H,3-7,16-17H2,1-2H3,(H3,27,28)(H,30,34)(H,31,33)/t22-/m1/s1. The number of aromatic nitrogens is 1. The molecule has 1 heterocycles. The summed E-state index contributed by atoms with van der Waals surface area (Å²) < 4.78 is 28.6. The van der Waals surface area contributed by atoms with Crippen LogP contribution in [0, 0.1) is 11.3 Å². The van der Waals surface area contributed by atoms with Gasteiger partial charge in [0.1, 0.15) is 17.4 Å². The highest BCUT2D eigenvalue weighted by atomic mass is 32.2. The normalized spacial score (nSPS) is 15.5. The van der Waals surface area contributed by atoms with Crippen molar-refractivity contribution in [1.82, 2.24) is 20.3 Å². The van der Waals surface area contributed by atoms with Gasteiger partial charge in [-0.25, -0.2) is 13.1 Å². The van der Waals surface area contributed by atoms with Crippen LogP contribution in [0.2, 0.25) is 0 Å². The Bertz CT molecular complexity index is 1190. The van der Waals surface area contributed by atoms with Crippen LogP contribution in [0.4, 0.5) is 0 Å². The molecule has 0 saturated heterocycles. The molecule has 2 aromatic rings. The molecule has 0 radical (unpaired) electrons. The first-order valence-corrected chi connectivity index (χ1v) is 14.0. The van der Waals surface area contributed by atoms with Crippen molar-refractivity contribution in [2.75, 3.05) is 0 Å². The van der Waals surface area contributed by atoms with E-state index in [-0.39, 0.29) is 24.1 Å². The second kappa shape index (κ2) is 12.3. The van der Waals surface area contributed by atoms with E-state index in [9.17, 15) is 18.0 Å². The Labute approximate surface area is 218 Å². The van der Waals surface area contributed by atoms with Gasteiger partial charge in [-0.3, -0.25) is 20.0 Å². The van der Waals surface area contributed by atoms with E-state index in [1.165, 1.54) is 12.4 Å². The summed E-state index contributed by atoms with van der Waals surface area (Å²) >= 11 is 0. The number of nitrogen functional groups attached to an aromatic ring is 1. The number of nitrogens with one attached hydrogen (secondary N) is 4. The number of amidine groups is 1. The zero-order valence-corrected chi connectivity index (χ0v) is 22.1. The molecule has 1 aliphatic rings. The van der Waals surface area contributed by atoms with Gasteiger partial charge in [0, 0.05) is 24.5 Å². The maximum atomic E-state index is 13.4.